The summed E-state index contributed by atoms with van der Waals surface area (Å²) in [5, 5.41) is 7.64. The van der Waals surface area contributed by atoms with Gasteiger partial charge in [0.1, 0.15) is 11.2 Å². The van der Waals surface area contributed by atoms with Gasteiger partial charge in [-0.25, -0.2) is 4.98 Å². The number of H-pyrrole nitrogens is 2. The zero-order valence-corrected chi connectivity index (χ0v) is 17.8. The van der Waals surface area contributed by atoms with Crippen LogP contribution in [0, 0.1) is 6.92 Å². The van der Waals surface area contributed by atoms with Crippen molar-refractivity contribution in [1.29, 1.82) is 0 Å². The number of aromatic amines is 2. The molecule has 0 aromatic carbocycles. The number of aliphatic imine (C=N–C) groups is 1. The van der Waals surface area contributed by atoms with E-state index in [9.17, 15) is 0 Å². The molecule has 0 radical (unpaired) electrons. The maximum atomic E-state index is 4.85. The van der Waals surface area contributed by atoms with E-state index in [4.69, 9.17) is 4.98 Å². The number of hydrogen-bond donors (Lipinski definition) is 2. The number of allylic oxidation sites excluding steroid dienone is 9. The van der Waals surface area contributed by atoms with Crippen molar-refractivity contribution in [3.8, 4) is 11.4 Å². The largest absolute Gasteiger partial charge is 0.357 e. The molecule has 5 nitrogen and oxygen atoms in total. The van der Waals surface area contributed by atoms with Crippen molar-refractivity contribution in [1.82, 2.24) is 20.2 Å². The Morgan fingerprint density at radius 2 is 2.10 bits per heavy atom. The molecule has 0 amide bonds. The maximum Gasteiger partial charge on any atom is 0.135 e. The van der Waals surface area contributed by atoms with Gasteiger partial charge in [0.15, 0.2) is 0 Å². The smallest absolute Gasteiger partial charge is 0.135 e. The zero-order valence-electron chi connectivity index (χ0n) is 17.8. The number of pyridine rings is 1. The molecule has 1 aliphatic carbocycles. The average molecular weight is 408 g/mol. The molecule has 0 fully saturated rings. The van der Waals surface area contributed by atoms with Gasteiger partial charge in [-0.1, -0.05) is 55.7 Å². The van der Waals surface area contributed by atoms with Crippen molar-refractivity contribution in [2.24, 2.45) is 4.99 Å². The Balaban J connectivity index is 1.80. The van der Waals surface area contributed by atoms with E-state index in [1.165, 1.54) is 5.57 Å². The highest BCUT2D eigenvalue weighted by molar-refractivity contribution is 5.92. The molecule has 4 rings (SSSR count). The van der Waals surface area contributed by atoms with Crippen LogP contribution in [0.3, 0.4) is 0 Å². The third kappa shape index (κ3) is 3.90. The molecule has 0 unspecified atom stereocenters. The fraction of sp³-hybridized carbons (Fsp3) is 0.115. The van der Waals surface area contributed by atoms with Crippen LogP contribution >= 0.6 is 0 Å². The van der Waals surface area contributed by atoms with Crippen LogP contribution in [0.5, 0.6) is 0 Å². The van der Waals surface area contributed by atoms with Gasteiger partial charge in [-0.15, -0.1) is 0 Å². The fourth-order valence-corrected chi connectivity index (χ4v) is 3.73. The van der Waals surface area contributed by atoms with Gasteiger partial charge in [0.25, 0.3) is 0 Å². The molecular formula is C26H25N5. The number of fused-ring (bicyclic) bond motifs is 1. The van der Waals surface area contributed by atoms with Crippen molar-refractivity contribution in [2.45, 2.75) is 20.3 Å². The second kappa shape index (κ2) is 8.79. The Hall–Kier alpha value is -3.99. The Morgan fingerprint density at radius 3 is 2.81 bits per heavy atom. The third-order valence-corrected chi connectivity index (χ3v) is 5.19. The molecule has 2 N–H and O–H groups in total. The van der Waals surface area contributed by atoms with Crippen LogP contribution < -0.4 is 0 Å². The minimum absolute atomic E-state index is 0.781. The second-order valence-electron chi connectivity index (χ2n) is 7.19. The molecule has 154 valence electrons. The lowest BCUT2D eigenvalue weighted by Crippen LogP contribution is -1.89. The van der Waals surface area contributed by atoms with Gasteiger partial charge in [-0.3, -0.25) is 10.1 Å². The van der Waals surface area contributed by atoms with E-state index in [1.807, 2.05) is 31.2 Å². The summed E-state index contributed by atoms with van der Waals surface area (Å²) in [6, 6.07) is 6.05. The summed E-state index contributed by atoms with van der Waals surface area (Å²) in [5.74, 6) is 0. The molecular weight excluding hydrogens is 382 g/mol. The van der Waals surface area contributed by atoms with Gasteiger partial charge in [0.05, 0.1) is 22.6 Å². The highest BCUT2D eigenvalue weighted by Gasteiger charge is 2.18. The van der Waals surface area contributed by atoms with Crippen LogP contribution in [0.25, 0.3) is 33.7 Å². The van der Waals surface area contributed by atoms with Crippen LogP contribution in [0.1, 0.15) is 30.3 Å². The van der Waals surface area contributed by atoms with Gasteiger partial charge < -0.3 is 4.98 Å². The first-order chi connectivity index (χ1) is 15.2. The standard InChI is InChI=1S/C26H25N5/c1-5-10-19(18-11-8-9-12-18)20-16-24(28-17(20)4)26-25-23(30-31-26)14-13-22(29-25)21(7-3)27-15-6-2/h5-8,10-16,28H,1-2,9H2,3-4H3,(H,30,31)/b19-10-,21-7-,27-15?. The van der Waals surface area contributed by atoms with E-state index in [0.717, 1.165) is 57.1 Å². The third-order valence-electron chi connectivity index (χ3n) is 5.19. The molecule has 31 heavy (non-hydrogen) atoms. The van der Waals surface area contributed by atoms with E-state index in [-0.39, 0.29) is 0 Å². The van der Waals surface area contributed by atoms with E-state index in [0.29, 0.717) is 0 Å². The molecule has 0 atom stereocenters. The number of aryl methyl sites for hydroxylation is 1. The first-order valence-corrected chi connectivity index (χ1v) is 10.2. The average Bonchev–Trinajstić information content (AvgIpc) is 3.52. The van der Waals surface area contributed by atoms with E-state index < -0.39 is 0 Å². The Labute approximate surface area is 182 Å². The summed E-state index contributed by atoms with van der Waals surface area (Å²) in [4.78, 5) is 12.8. The van der Waals surface area contributed by atoms with Crippen molar-refractivity contribution in [2.75, 3.05) is 0 Å². The lowest BCUT2D eigenvalue weighted by atomic mass is 9.98. The first-order valence-electron chi connectivity index (χ1n) is 10.2. The quantitative estimate of drug-likeness (QED) is 0.355. The summed E-state index contributed by atoms with van der Waals surface area (Å²) in [7, 11) is 0. The number of nitrogens with zero attached hydrogens (tertiary/aromatic N) is 3. The molecule has 0 spiro atoms. The van der Waals surface area contributed by atoms with Gasteiger partial charge >= 0.3 is 0 Å². The van der Waals surface area contributed by atoms with Gasteiger partial charge in [-0.2, -0.15) is 5.10 Å². The van der Waals surface area contributed by atoms with Crippen LogP contribution in [0.15, 0.2) is 84.5 Å². The molecule has 3 aromatic rings. The van der Waals surface area contributed by atoms with E-state index in [1.54, 1.807) is 12.3 Å². The number of nitrogens with one attached hydrogen (secondary N) is 2. The SMILES string of the molecule is C=CC=N/C(=C\C)c1ccc2[nH]nc(-c3cc(/C(=C\C=C)C4=CCC=C4)c(C)[nH]3)c2n1. The number of aromatic nitrogens is 4. The van der Waals surface area contributed by atoms with Gasteiger partial charge in [-0.05, 0) is 49.6 Å². The minimum atomic E-state index is 0.781. The molecule has 5 heteroatoms. The Kier molecular flexibility index (Phi) is 5.76. The summed E-state index contributed by atoms with van der Waals surface area (Å²) in [6.07, 6.45) is 16.6. The lowest BCUT2D eigenvalue weighted by Gasteiger charge is -2.06. The zero-order chi connectivity index (χ0) is 21.8. The molecule has 0 saturated heterocycles. The monoisotopic (exact) mass is 407 g/mol. The summed E-state index contributed by atoms with van der Waals surface area (Å²) in [6.45, 7) is 11.6. The molecule has 0 aliphatic heterocycles. The van der Waals surface area contributed by atoms with Crippen LogP contribution in [0.4, 0.5) is 0 Å². The number of rotatable bonds is 7. The topological polar surface area (TPSA) is 69.7 Å². The summed E-state index contributed by atoms with van der Waals surface area (Å²) < 4.78 is 0. The number of hydrogen-bond acceptors (Lipinski definition) is 3. The Morgan fingerprint density at radius 1 is 1.23 bits per heavy atom. The summed E-state index contributed by atoms with van der Waals surface area (Å²) in [5.41, 5.74) is 9.49. The Bertz CT molecular complexity index is 1300. The van der Waals surface area contributed by atoms with Crippen LogP contribution in [-0.4, -0.2) is 26.4 Å². The fourth-order valence-electron chi connectivity index (χ4n) is 3.73. The van der Waals surface area contributed by atoms with E-state index in [2.05, 4.69) is 70.6 Å². The molecule has 0 bridgehead atoms. The predicted molar refractivity (Wildman–Crippen MR) is 131 cm³/mol. The van der Waals surface area contributed by atoms with Crippen molar-refractivity contribution >= 4 is 28.5 Å². The van der Waals surface area contributed by atoms with Crippen LogP contribution in [-0.2, 0) is 0 Å². The first kappa shape index (κ1) is 20.3. The molecule has 3 aromatic heterocycles. The molecule has 0 saturated carbocycles. The maximum absolute atomic E-state index is 4.85. The van der Waals surface area contributed by atoms with Gasteiger partial charge in [0.2, 0.25) is 0 Å². The lowest BCUT2D eigenvalue weighted by molar-refractivity contribution is 1.11. The highest BCUT2D eigenvalue weighted by atomic mass is 15.1. The minimum Gasteiger partial charge on any atom is -0.357 e. The molecule has 1 aliphatic rings. The van der Waals surface area contributed by atoms with E-state index >= 15 is 0 Å². The van der Waals surface area contributed by atoms with Crippen molar-refractivity contribution in [3.05, 3.63) is 96.4 Å². The second-order valence-corrected chi connectivity index (χ2v) is 7.19. The highest BCUT2D eigenvalue weighted by Crippen LogP contribution is 2.34. The normalized spacial score (nSPS) is 14.6. The molecule has 3 heterocycles. The van der Waals surface area contributed by atoms with Crippen molar-refractivity contribution in [3.63, 3.8) is 0 Å². The predicted octanol–water partition coefficient (Wildman–Crippen LogP) is 6.33. The summed E-state index contributed by atoms with van der Waals surface area (Å²) >= 11 is 0. The van der Waals surface area contributed by atoms with Crippen LogP contribution in [0.2, 0.25) is 0 Å². The van der Waals surface area contributed by atoms with Crippen molar-refractivity contribution < 1.29 is 0 Å². The van der Waals surface area contributed by atoms with Gasteiger partial charge in [0, 0.05) is 17.5 Å².